The number of nitrogens with two attached hydrogens (primary N) is 1. The number of fused-ring (bicyclic) bond motifs is 1. The van der Waals surface area contributed by atoms with Crippen molar-refractivity contribution in [2.75, 3.05) is 0 Å². The second-order valence-electron chi connectivity index (χ2n) is 5.85. The van der Waals surface area contributed by atoms with Gasteiger partial charge in [0.1, 0.15) is 5.82 Å². The SMILES string of the molecule is CC(NC(=O)CC(NC(N)=O)c1cccs1)c1nc2ccc(Cl)cc2[nH]1. The lowest BCUT2D eigenvalue weighted by Gasteiger charge is -2.17. The lowest BCUT2D eigenvalue weighted by atomic mass is 10.1. The molecule has 0 saturated carbocycles. The lowest BCUT2D eigenvalue weighted by molar-refractivity contribution is -0.122. The van der Waals surface area contributed by atoms with Gasteiger partial charge in [-0.25, -0.2) is 9.78 Å². The van der Waals surface area contributed by atoms with E-state index < -0.39 is 12.1 Å². The zero-order valence-electron chi connectivity index (χ0n) is 14.0. The van der Waals surface area contributed by atoms with Gasteiger partial charge in [-0.15, -0.1) is 11.3 Å². The maximum Gasteiger partial charge on any atom is 0.312 e. The van der Waals surface area contributed by atoms with Crippen molar-refractivity contribution in [2.24, 2.45) is 5.73 Å². The van der Waals surface area contributed by atoms with Gasteiger partial charge in [0.25, 0.3) is 0 Å². The highest BCUT2D eigenvalue weighted by molar-refractivity contribution is 7.10. The predicted molar refractivity (Wildman–Crippen MR) is 102 cm³/mol. The van der Waals surface area contributed by atoms with Crippen LogP contribution < -0.4 is 16.4 Å². The van der Waals surface area contributed by atoms with Crippen LogP contribution in [0.4, 0.5) is 4.79 Å². The van der Waals surface area contributed by atoms with Crippen LogP contribution in [-0.2, 0) is 4.79 Å². The number of nitrogens with one attached hydrogen (secondary N) is 3. The summed E-state index contributed by atoms with van der Waals surface area (Å²) in [5, 5.41) is 7.98. The molecule has 0 aliphatic rings. The smallest absolute Gasteiger partial charge is 0.312 e. The van der Waals surface area contributed by atoms with Crippen LogP contribution in [0.5, 0.6) is 0 Å². The topological polar surface area (TPSA) is 113 Å². The summed E-state index contributed by atoms with van der Waals surface area (Å²) in [5.74, 6) is 0.411. The van der Waals surface area contributed by atoms with Crippen LogP contribution in [0, 0.1) is 0 Å². The van der Waals surface area contributed by atoms with Crippen LogP contribution in [0.25, 0.3) is 11.0 Å². The van der Waals surface area contributed by atoms with E-state index in [4.69, 9.17) is 17.3 Å². The number of halogens is 1. The number of H-pyrrole nitrogens is 1. The zero-order valence-corrected chi connectivity index (χ0v) is 15.5. The summed E-state index contributed by atoms with van der Waals surface area (Å²) in [6.07, 6.45) is 0.0832. The Hall–Kier alpha value is -2.58. The molecule has 1 aromatic carbocycles. The monoisotopic (exact) mass is 391 g/mol. The van der Waals surface area contributed by atoms with Crippen LogP contribution in [0.15, 0.2) is 35.7 Å². The summed E-state index contributed by atoms with van der Waals surface area (Å²) in [7, 11) is 0. The third kappa shape index (κ3) is 4.33. The Morgan fingerprint density at radius 3 is 2.85 bits per heavy atom. The van der Waals surface area contributed by atoms with Crippen molar-refractivity contribution >= 4 is 45.9 Å². The van der Waals surface area contributed by atoms with Gasteiger partial charge in [-0.05, 0) is 36.6 Å². The number of benzene rings is 1. The van der Waals surface area contributed by atoms with Gasteiger partial charge in [-0.1, -0.05) is 17.7 Å². The number of aromatic amines is 1. The maximum atomic E-state index is 12.4. The van der Waals surface area contributed by atoms with Gasteiger partial charge in [0.2, 0.25) is 5.91 Å². The number of carbonyl (C=O) groups excluding carboxylic acids is 2. The molecule has 0 spiro atoms. The van der Waals surface area contributed by atoms with E-state index in [1.165, 1.54) is 11.3 Å². The van der Waals surface area contributed by atoms with Crippen LogP contribution in [0.3, 0.4) is 0 Å². The maximum absolute atomic E-state index is 12.4. The summed E-state index contributed by atoms with van der Waals surface area (Å²) >= 11 is 7.43. The Balaban J connectivity index is 1.68. The summed E-state index contributed by atoms with van der Waals surface area (Å²) < 4.78 is 0. The molecule has 9 heteroatoms. The van der Waals surface area contributed by atoms with Crippen LogP contribution in [0.2, 0.25) is 5.02 Å². The van der Waals surface area contributed by atoms with E-state index in [0.717, 1.165) is 15.9 Å². The molecule has 3 rings (SSSR count). The van der Waals surface area contributed by atoms with Crippen molar-refractivity contribution in [1.82, 2.24) is 20.6 Å². The molecular weight excluding hydrogens is 374 g/mol. The van der Waals surface area contributed by atoms with E-state index in [0.29, 0.717) is 10.8 Å². The molecule has 5 N–H and O–H groups in total. The molecule has 3 aromatic rings. The summed E-state index contributed by atoms with van der Waals surface area (Å²) in [6.45, 7) is 1.83. The predicted octanol–water partition coefficient (Wildman–Crippen LogP) is 3.25. The highest BCUT2D eigenvalue weighted by Crippen LogP contribution is 2.23. The van der Waals surface area contributed by atoms with Crippen molar-refractivity contribution in [2.45, 2.75) is 25.4 Å². The molecule has 0 aliphatic carbocycles. The summed E-state index contributed by atoms with van der Waals surface area (Å²) in [5.41, 5.74) is 6.80. The number of urea groups is 1. The normalized spacial score (nSPS) is 13.3. The quantitative estimate of drug-likeness (QED) is 0.517. The molecule has 0 saturated heterocycles. The Morgan fingerprint density at radius 1 is 1.35 bits per heavy atom. The first-order valence-electron chi connectivity index (χ1n) is 7.96. The standard InChI is InChI=1S/C17H18ClN5O2S/c1-9(16-21-11-5-4-10(18)7-12(11)22-16)20-15(24)8-13(23-17(19)25)14-3-2-6-26-14/h2-7,9,13H,8H2,1H3,(H,20,24)(H,21,22)(H3,19,23,25). The minimum atomic E-state index is -0.668. The summed E-state index contributed by atoms with van der Waals surface area (Å²) in [4.78, 5) is 32.1. The number of hydrogen-bond acceptors (Lipinski definition) is 4. The Bertz CT molecular complexity index is 925. The summed E-state index contributed by atoms with van der Waals surface area (Å²) in [6, 6.07) is 7.61. The molecule has 3 amide bonds. The van der Waals surface area contributed by atoms with Crippen molar-refractivity contribution in [3.05, 3.63) is 51.4 Å². The van der Waals surface area contributed by atoms with E-state index in [2.05, 4.69) is 20.6 Å². The molecule has 0 fully saturated rings. The largest absolute Gasteiger partial charge is 0.352 e. The fourth-order valence-corrected chi connectivity index (χ4v) is 3.59. The molecule has 26 heavy (non-hydrogen) atoms. The first-order chi connectivity index (χ1) is 12.4. The molecule has 0 aliphatic heterocycles. The third-order valence-corrected chi connectivity index (χ3v) is 5.06. The minimum absolute atomic E-state index is 0.0832. The van der Waals surface area contributed by atoms with Crippen molar-refractivity contribution < 1.29 is 9.59 Å². The number of imidazole rings is 1. The molecule has 7 nitrogen and oxygen atoms in total. The van der Waals surface area contributed by atoms with E-state index in [1.54, 1.807) is 12.1 Å². The molecule has 2 atom stereocenters. The Morgan fingerprint density at radius 2 is 2.15 bits per heavy atom. The average Bonchev–Trinajstić information content (AvgIpc) is 3.22. The number of aromatic nitrogens is 2. The lowest BCUT2D eigenvalue weighted by Crippen LogP contribution is -2.37. The van der Waals surface area contributed by atoms with Gasteiger partial charge >= 0.3 is 6.03 Å². The highest BCUT2D eigenvalue weighted by Gasteiger charge is 2.20. The van der Waals surface area contributed by atoms with Crippen molar-refractivity contribution in [1.29, 1.82) is 0 Å². The molecule has 2 heterocycles. The number of carbonyl (C=O) groups is 2. The number of thiophene rings is 1. The first kappa shape index (κ1) is 18.2. The van der Waals surface area contributed by atoms with Crippen LogP contribution in [-0.4, -0.2) is 21.9 Å². The third-order valence-electron chi connectivity index (χ3n) is 3.84. The molecular formula is C17H18ClN5O2S. The molecule has 2 unspecified atom stereocenters. The van der Waals surface area contributed by atoms with Crippen molar-refractivity contribution in [3.8, 4) is 0 Å². The number of hydrogen-bond donors (Lipinski definition) is 4. The van der Waals surface area contributed by atoms with E-state index >= 15 is 0 Å². The number of amides is 3. The van der Waals surface area contributed by atoms with Crippen LogP contribution in [0.1, 0.15) is 36.1 Å². The average molecular weight is 392 g/mol. The van der Waals surface area contributed by atoms with Crippen molar-refractivity contribution in [3.63, 3.8) is 0 Å². The molecule has 0 bridgehead atoms. The van der Waals surface area contributed by atoms with E-state index in [1.807, 2.05) is 30.5 Å². The minimum Gasteiger partial charge on any atom is -0.352 e. The van der Waals surface area contributed by atoms with Crippen LogP contribution >= 0.6 is 22.9 Å². The molecule has 0 radical (unpaired) electrons. The van der Waals surface area contributed by atoms with Gasteiger partial charge in [0.05, 0.1) is 29.5 Å². The van der Waals surface area contributed by atoms with Gasteiger partial charge in [0, 0.05) is 9.90 Å². The van der Waals surface area contributed by atoms with E-state index in [-0.39, 0.29) is 18.4 Å². The first-order valence-corrected chi connectivity index (χ1v) is 9.22. The zero-order chi connectivity index (χ0) is 18.7. The number of nitrogens with zero attached hydrogens (tertiary/aromatic N) is 1. The van der Waals surface area contributed by atoms with Gasteiger partial charge in [0.15, 0.2) is 0 Å². The second kappa shape index (κ2) is 7.76. The molecule has 2 aromatic heterocycles. The Labute approximate surface area is 158 Å². The van der Waals surface area contributed by atoms with Gasteiger partial charge < -0.3 is 21.4 Å². The van der Waals surface area contributed by atoms with E-state index in [9.17, 15) is 9.59 Å². The van der Waals surface area contributed by atoms with Gasteiger partial charge in [-0.3, -0.25) is 4.79 Å². The molecule has 136 valence electrons. The fourth-order valence-electron chi connectivity index (χ4n) is 2.64. The van der Waals surface area contributed by atoms with Gasteiger partial charge in [-0.2, -0.15) is 0 Å². The number of rotatable bonds is 6. The number of primary amides is 1. The Kier molecular flexibility index (Phi) is 5.43. The second-order valence-corrected chi connectivity index (χ2v) is 7.27. The highest BCUT2D eigenvalue weighted by atomic mass is 35.5. The fraction of sp³-hybridized carbons (Fsp3) is 0.235.